The average molecular weight is 208 g/mol. The van der Waals surface area contributed by atoms with E-state index in [9.17, 15) is 9.59 Å². The highest BCUT2D eigenvalue weighted by Crippen LogP contribution is 2.03. The van der Waals surface area contributed by atoms with Gasteiger partial charge in [0.25, 0.3) is 0 Å². The van der Waals surface area contributed by atoms with Crippen LogP contribution >= 0.6 is 0 Å². The van der Waals surface area contributed by atoms with E-state index in [2.05, 4.69) is 5.32 Å². The normalized spacial score (nSPS) is 17.9. The van der Waals surface area contributed by atoms with Gasteiger partial charge in [0.1, 0.15) is 5.76 Å². The number of hydrogen-bond donors (Lipinski definition) is 1. The van der Waals surface area contributed by atoms with Gasteiger partial charge in [-0.25, -0.2) is 0 Å². The van der Waals surface area contributed by atoms with Crippen LogP contribution in [0.4, 0.5) is 0 Å². The molecule has 0 saturated carbocycles. The van der Waals surface area contributed by atoms with Crippen LogP contribution < -0.4 is 5.32 Å². The number of imide groups is 1. The molecule has 2 rings (SSSR count). The van der Waals surface area contributed by atoms with E-state index in [1.807, 2.05) is 17.0 Å². The molecule has 1 aliphatic heterocycles. The van der Waals surface area contributed by atoms with Crippen molar-refractivity contribution in [2.45, 2.75) is 6.42 Å². The van der Waals surface area contributed by atoms with Gasteiger partial charge in [-0.15, -0.1) is 0 Å². The van der Waals surface area contributed by atoms with Crippen LogP contribution in [0.1, 0.15) is 5.76 Å². The predicted octanol–water partition coefficient (Wildman–Crippen LogP) is -0.219. The van der Waals surface area contributed by atoms with Crippen LogP contribution in [-0.2, 0) is 16.0 Å². The summed E-state index contributed by atoms with van der Waals surface area (Å²) < 4.78 is 5.17. The molecule has 5 nitrogen and oxygen atoms in total. The van der Waals surface area contributed by atoms with E-state index >= 15 is 0 Å². The second kappa shape index (κ2) is 4.27. The van der Waals surface area contributed by atoms with Crippen molar-refractivity contribution in [3.05, 3.63) is 24.2 Å². The number of carbonyl (C=O) groups is 2. The molecule has 0 bridgehead atoms. The first-order chi connectivity index (χ1) is 7.24. The number of hydrogen-bond acceptors (Lipinski definition) is 4. The van der Waals surface area contributed by atoms with Crippen LogP contribution in [0.5, 0.6) is 0 Å². The van der Waals surface area contributed by atoms with Gasteiger partial charge in [-0.1, -0.05) is 0 Å². The quantitative estimate of drug-likeness (QED) is 0.697. The molecule has 2 heterocycles. The van der Waals surface area contributed by atoms with Crippen LogP contribution in [0, 0.1) is 0 Å². The summed E-state index contributed by atoms with van der Waals surface area (Å²) in [5, 5.41) is 2.26. The Bertz CT molecular complexity index is 343. The summed E-state index contributed by atoms with van der Waals surface area (Å²) >= 11 is 0. The lowest BCUT2D eigenvalue weighted by molar-refractivity contribution is -0.136. The maximum atomic E-state index is 11.0. The molecular formula is C10H12N2O3. The molecule has 1 aliphatic rings. The molecule has 1 saturated heterocycles. The highest BCUT2D eigenvalue weighted by molar-refractivity contribution is 5.99. The topological polar surface area (TPSA) is 62.6 Å². The number of nitrogens with one attached hydrogen (secondary N) is 1. The first-order valence-corrected chi connectivity index (χ1v) is 4.81. The molecule has 1 fully saturated rings. The molecule has 0 aromatic carbocycles. The fourth-order valence-corrected chi connectivity index (χ4v) is 1.58. The van der Waals surface area contributed by atoms with Crippen molar-refractivity contribution in [1.82, 2.24) is 10.2 Å². The minimum Gasteiger partial charge on any atom is -0.469 e. The van der Waals surface area contributed by atoms with Crippen molar-refractivity contribution in [3.8, 4) is 0 Å². The third kappa shape index (κ3) is 2.66. The van der Waals surface area contributed by atoms with Crippen LogP contribution in [0.15, 0.2) is 22.8 Å². The second-order valence-corrected chi connectivity index (χ2v) is 3.51. The smallest absolute Gasteiger partial charge is 0.240 e. The van der Waals surface area contributed by atoms with E-state index in [0.29, 0.717) is 13.0 Å². The SMILES string of the molecule is O=C1CN(CCc2ccco2)CC(=O)N1. The Kier molecular flexibility index (Phi) is 2.82. The van der Waals surface area contributed by atoms with E-state index < -0.39 is 0 Å². The number of piperazine rings is 1. The number of nitrogens with zero attached hydrogens (tertiary/aromatic N) is 1. The zero-order valence-electron chi connectivity index (χ0n) is 8.23. The maximum absolute atomic E-state index is 11.0. The number of amides is 2. The monoisotopic (exact) mass is 208 g/mol. The van der Waals surface area contributed by atoms with Gasteiger partial charge in [0.05, 0.1) is 19.4 Å². The van der Waals surface area contributed by atoms with Gasteiger partial charge in [0, 0.05) is 13.0 Å². The Morgan fingerprint density at radius 1 is 1.33 bits per heavy atom. The summed E-state index contributed by atoms with van der Waals surface area (Å²) in [6.45, 7) is 1.23. The van der Waals surface area contributed by atoms with Crippen molar-refractivity contribution in [2.24, 2.45) is 0 Å². The lowest BCUT2D eigenvalue weighted by Gasteiger charge is -2.24. The van der Waals surface area contributed by atoms with Crippen molar-refractivity contribution >= 4 is 11.8 Å². The molecule has 15 heavy (non-hydrogen) atoms. The number of carbonyl (C=O) groups excluding carboxylic acids is 2. The Hall–Kier alpha value is -1.62. The molecule has 0 atom stereocenters. The van der Waals surface area contributed by atoms with Gasteiger partial charge in [-0.3, -0.25) is 19.8 Å². The third-order valence-electron chi connectivity index (χ3n) is 2.27. The molecule has 1 aromatic heterocycles. The Labute approximate surface area is 87.0 Å². The summed E-state index contributed by atoms with van der Waals surface area (Å²) in [6.07, 6.45) is 2.33. The molecule has 0 spiro atoms. The molecule has 2 amide bonds. The van der Waals surface area contributed by atoms with E-state index in [-0.39, 0.29) is 24.9 Å². The van der Waals surface area contributed by atoms with Gasteiger partial charge >= 0.3 is 0 Å². The van der Waals surface area contributed by atoms with Crippen LogP contribution in [0.2, 0.25) is 0 Å². The summed E-state index contributed by atoms with van der Waals surface area (Å²) in [7, 11) is 0. The van der Waals surface area contributed by atoms with Crippen molar-refractivity contribution in [3.63, 3.8) is 0 Å². The Morgan fingerprint density at radius 2 is 2.07 bits per heavy atom. The zero-order valence-corrected chi connectivity index (χ0v) is 8.23. The Balaban J connectivity index is 1.84. The molecule has 0 radical (unpaired) electrons. The summed E-state index contributed by atoms with van der Waals surface area (Å²) in [4.78, 5) is 23.9. The minimum atomic E-state index is -0.231. The lowest BCUT2D eigenvalue weighted by Crippen LogP contribution is -2.51. The van der Waals surface area contributed by atoms with Crippen molar-refractivity contribution in [2.75, 3.05) is 19.6 Å². The fraction of sp³-hybridized carbons (Fsp3) is 0.400. The van der Waals surface area contributed by atoms with Gasteiger partial charge in [0.2, 0.25) is 11.8 Å². The van der Waals surface area contributed by atoms with E-state index in [0.717, 1.165) is 5.76 Å². The molecule has 5 heteroatoms. The van der Waals surface area contributed by atoms with Crippen molar-refractivity contribution in [1.29, 1.82) is 0 Å². The third-order valence-corrected chi connectivity index (χ3v) is 2.27. The fourth-order valence-electron chi connectivity index (χ4n) is 1.58. The second-order valence-electron chi connectivity index (χ2n) is 3.51. The zero-order chi connectivity index (χ0) is 10.7. The number of rotatable bonds is 3. The van der Waals surface area contributed by atoms with E-state index in [1.165, 1.54) is 0 Å². The molecular weight excluding hydrogens is 196 g/mol. The van der Waals surface area contributed by atoms with Gasteiger partial charge in [-0.2, -0.15) is 0 Å². The Morgan fingerprint density at radius 3 is 2.67 bits per heavy atom. The average Bonchev–Trinajstić information content (AvgIpc) is 2.65. The molecule has 1 N–H and O–H groups in total. The van der Waals surface area contributed by atoms with Crippen LogP contribution in [-0.4, -0.2) is 36.3 Å². The van der Waals surface area contributed by atoms with Gasteiger partial charge in [-0.05, 0) is 12.1 Å². The maximum Gasteiger partial charge on any atom is 0.240 e. The standard InChI is InChI=1S/C10H12N2O3/c13-9-6-12(7-10(14)11-9)4-3-8-2-1-5-15-8/h1-2,5H,3-4,6-7H2,(H,11,13,14). The predicted molar refractivity (Wildman–Crippen MR) is 52.0 cm³/mol. The summed E-state index contributed by atoms with van der Waals surface area (Å²) in [5.74, 6) is 0.407. The number of furan rings is 1. The molecule has 0 unspecified atom stereocenters. The summed E-state index contributed by atoms with van der Waals surface area (Å²) in [5.41, 5.74) is 0. The van der Waals surface area contributed by atoms with E-state index in [1.54, 1.807) is 6.26 Å². The molecule has 0 aliphatic carbocycles. The van der Waals surface area contributed by atoms with Gasteiger partial charge in [0.15, 0.2) is 0 Å². The van der Waals surface area contributed by atoms with E-state index in [4.69, 9.17) is 4.42 Å². The highest BCUT2D eigenvalue weighted by Gasteiger charge is 2.21. The van der Waals surface area contributed by atoms with Crippen LogP contribution in [0.3, 0.4) is 0 Å². The van der Waals surface area contributed by atoms with Crippen LogP contribution in [0.25, 0.3) is 0 Å². The first-order valence-electron chi connectivity index (χ1n) is 4.81. The minimum absolute atomic E-state index is 0.231. The largest absolute Gasteiger partial charge is 0.469 e. The summed E-state index contributed by atoms with van der Waals surface area (Å²) in [6, 6.07) is 3.70. The molecule has 1 aromatic rings. The van der Waals surface area contributed by atoms with Crippen molar-refractivity contribution < 1.29 is 14.0 Å². The lowest BCUT2D eigenvalue weighted by atomic mass is 10.2. The first kappa shape index (κ1) is 9.92. The molecule has 80 valence electrons. The highest BCUT2D eigenvalue weighted by atomic mass is 16.3. The van der Waals surface area contributed by atoms with Gasteiger partial charge < -0.3 is 4.42 Å².